The third-order valence-electron chi connectivity index (χ3n) is 11.4. The van der Waals surface area contributed by atoms with Crippen LogP contribution < -0.4 is 0 Å². The largest absolute Gasteiger partial charge is 0.228 e. The second-order valence-electron chi connectivity index (χ2n) is 14.5. The van der Waals surface area contributed by atoms with Crippen molar-refractivity contribution in [3.8, 4) is 67.3 Å². The number of nitrogens with zero attached hydrogens (tertiary/aromatic N) is 2. The van der Waals surface area contributed by atoms with Gasteiger partial charge in [-0.15, -0.1) is 0 Å². The second kappa shape index (κ2) is 13.2. The Morgan fingerprint density at radius 1 is 0.304 bits per heavy atom. The standard InChI is InChI=1S/C53H34N2S/c1-3-15-36(16-4-1)40-19-7-8-22-43(40)49-34-48(54-52(55-49)38-17-5-2-6-18-38)37-29-27-35(28-30-37)39-31-32-51-47(33-39)53(46-25-13-14-26-50(46)56-51)44-23-11-9-20-41(44)42-21-10-12-24-45(42)53/h1-34H. The SMILES string of the molecule is c1ccc(-c2nc(-c3ccc(-c4ccc5c(c4)C4(c6ccccc6S5)c5ccccc5-c5ccccc54)cc3)cc(-c3ccccc3-c3ccccc3)n2)cc1. The van der Waals surface area contributed by atoms with Crippen LogP contribution in [0, 0.1) is 0 Å². The van der Waals surface area contributed by atoms with Gasteiger partial charge >= 0.3 is 0 Å². The topological polar surface area (TPSA) is 25.8 Å². The van der Waals surface area contributed by atoms with E-state index < -0.39 is 5.41 Å². The third-order valence-corrected chi connectivity index (χ3v) is 12.6. The van der Waals surface area contributed by atoms with E-state index in [9.17, 15) is 0 Å². The molecule has 2 nitrogen and oxygen atoms in total. The Morgan fingerprint density at radius 3 is 1.50 bits per heavy atom. The zero-order valence-corrected chi connectivity index (χ0v) is 31.2. The molecular formula is C53H34N2S. The number of rotatable bonds is 5. The number of aromatic nitrogens is 2. The van der Waals surface area contributed by atoms with Crippen LogP contribution in [0.3, 0.4) is 0 Å². The third kappa shape index (κ3) is 5.12. The van der Waals surface area contributed by atoms with E-state index in [4.69, 9.17) is 9.97 Å². The van der Waals surface area contributed by atoms with Crippen LogP contribution >= 0.6 is 11.8 Å². The summed E-state index contributed by atoms with van der Waals surface area (Å²) in [4.78, 5) is 12.9. The Labute approximate surface area is 331 Å². The maximum atomic E-state index is 5.16. The van der Waals surface area contributed by atoms with Crippen molar-refractivity contribution in [1.82, 2.24) is 9.97 Å². The van der Waals surface area contributed by atoms with Gasteiger partial charge in [0.25, 0.3) is 0 Å². The summed E-state index contributed by atoms with van der Waals surface area (Å²) in [5.74, 6) is 0.708. The van der Waals surface area contributed by atoms with Crippen molar-refractivity contribution in [3.63, 3.8) is 0 Å². The highest BCUT2D eigenvalue weighted by Crippen LogP contribution is 2.62. The molecule has 1 spiro atoms. The molecule has 1 aliphatic heterocycles. The van der Waals surface area contributed by atoms with E-state index in [1.807, 2.05) is 30.0 Å². The van der Waals surface area contributed by atoms with Gasteiger partial charge < -0.3 is 0 Å². The highest BCUT2D eigenvalue weighted by atomic mass is 32.2. The molecule has 0 bridgehead atoms. The van der Waals surface area contributed by atoms with Crippen molar-refractivity contribution in [2.45, 2.75) is 15.2 Å². The number of fused-ring (bicyclic) bond motifs is 9. The average Bonchev–Trinajstić information content (AvgIpc) is 3.57. The molecule has 0 atom stereocenters. The highest BCUT2D eigenvalue weighted by molar-refractivity contribution is 7.99. The van der Waals surface area contributed by atoms with Crippen molar-refractivity contribution in [2.24, 2.45) is 0 Å². The summed E-state index contributed by atoms with van der Waals surface area (Å²) in [7, 11) is 0. The number of benzene rings is 8. The van der Waals surface area contributed by atoms with E-state index in [2.05, 4.69) is 188 Å². The minimum atomic E-state index is -0.401. The van der Waals surface area contributed by atoms with Gasteiger partial charge in [0.05, 0.1) is 16.8 Å². The molecule has 2 heterocycles. The normalized spacial score (nSPS) is 13.1. The van der Waals surface area contributed by atoms with Crippen molar-refractivity contribution in [2.75, 3.05) is 0 Å². The molecule has 0 fully saturated rings. The average molecular weight is 731 g/mol. The van der Waals surface area contributed by atoms with Gasteiger partial charge in [0, 0.05) is 26.5 Å². The lowest BCUT2D eigenvalue weighted by molar-refractivity contribution is 0.723. The van der Waals surface area contributed by atoms with Crippen LogP contribution in [-0.4, -0.2) is 9.97 Å². The minimum absolute atomic E-state index is 0.401. The lowest BCUT2D eigenvalue weighted by atomic mass is 9.67. The molecule has 0 saturated carbocycles. The lowest BCUT2D eigenvalue weighted by Crippen LogP contribution is -2.32. The van der Waals surface area contributed by atoms with Crippen LogP contribution in [0.2, 0.25) is 0 Å². The highest BCUT2D eigenvalue weighted by Gasteiger charge is 2.50. The molecular weight excluding hydrogens is 697 g/mol. The summed E-state index contributed by atoms with van der Waals surface area (Å²) in [6.07, 6.45) is 0. The van der Waals surface area contributed by atoms with Crippen molar-refractivity contribution < 1.29 is 0 Å². The maximum Gasteiger partial charge on any atom is 0.160 e. The Balaban J connectivity index is 1.04. The van der Waals surface area contributed by atoms with Crippen molar-refractivity contribution in [1.29, 1.82) is 0 Å². The molecule has 1 aromatic heterocycles. The minimum Gasteiger partial charge on any atom is -0.228 e. The van der Waals surface area contributed by atoms with Gasteiger partial charge in [0.1, 0.15) is 0 Å². The second-order valence-corrected chi connectivity index (χ2v) is 15.6. The van der Waals surface area contributed by atoms with Gasteiger partial charge in [-0.25, -0.2) is 9.97 Å². The molecule has 262 valence electrons. The fraction of sp³-hybridized carbons (Fsp3) is 0.0189. The first-order valence-electron chi connectivity index (χ1n) is 19.1. The Morgan fingerprint density at radius 2 is 0.804 bits per heavy atom. The monoisotopic (exact) mass is 730 g/mol. The molecule has 2 aliphatic rings. The van der Waals surface area contributed by atoms with E-state index in [1.54, 1.807) is 0 Å². The smallest absolute Gasteiger partial charge is 0.160 e. The van der Waals surface area contributed by atoms with Crippen molar-refractivity contribution in [3.05, 3.63) is 229 Å². The molecule has 0 N–H and O–H groups in total. The molecule has 3 heteroatoms. The maximum absolute atomic E-state index is 5.16. The van der Waals surface area contributed by atoms with Crippen LogP contribution in [0.5, 0.6) is 0 Å². The zero-order chi connectivity index (χ0) is 37.1. The van der Waals surface area contributed by atoms with Gasteiger partial charge in [0.15, 0.2) is 5.82 Å². The van der Waals surface area contributed by atoms with Gasteiger partial charge in [-0.05, 0) is 79.9 Å². The summed E-state index contributed by atoms with van der Waals surface area (Å²) < 4.78 is 0. The molecule has 1 aliphatic carbocycles. The first kappa shape index (κ1) is 32.6. The van der Waals surface area contributed by atoms with Crippen LogP contribution in [0.4, 0.5) is 0 Å². The van der Waals surface area contributed by atoms with E-state index in [-0.39, 0.29) is 0 Å². The van der Waals surface area contributed by atoms with Gasteiger partial charge in [-0.3, -0.25) is 0 Å². The Bertz CT molecular complexity index is 2890. The Kier molecular flexibility index (Phi) is 7.68. The summed E-state index contributed by atoms with van der Waals surface area (Å²) >= 11 is 1.88. The van der Waals surface area contributed by atoms with Crippen LogP contribution in [0.1, 0.15) is 22.3 Å². The van der Waals surface area contributed by atoms with E-state index in [0.29, 0.717) is 5.82 Å². The first-order chi connectivity index (χ1) is 27.8. The number of hydrogen-bond acceptors (Lipinski definition) is 3. The molecule has 0 amide bonds. The van der Waals surface area contributed by atoms with Crippen LogP contribution in [-0.2, 0) is 5.41 Å². The van der Waals surface area contributed by atoms with Gasteiger partial charge in [-0.1, -0.05) is 194 Å². The lowest BCUT2D eigenvalue weighted by Gasteiger charge is -2.40. The van der Waals surface area contributed by atoms with Gasteiger partial charge in [-0.2, -0.15) is 0 Å². The summed E-state index contributed by atoms with van der Waals surface area (Å²) in [5.41, 5.74) is 17.2. The fourth-order valence-corrected chi connectivity index (χ4v) is 10.1. The molecule has 8 aromatic carbocycles. The summed E-state index contributed by atoms with van der Waals surface area (Å²) in [5, 5.41) is 0. The fourth-order valence-electron chi connectivity index (χ4n) is 8.89. The zero-order valence-electron chi connectivity index (χ0n) is 30.4. The molecule has 9 aromatic rings. The van der Waals surface area contributed by atoms with Crippen LogP contribution in [0.25, 0.3) is 67.3 Å². The quantitative estimate of drug-likeness (QED) is 0.176. The Hall–Kier alpha value is -6.81. The summed E-state index contributed by atoms with van der Waals surface area (Å²) in [6, 6.07) is 74.4. The molecule has 11 rings (SSSR count). The predicted molar refractivity (Wildman–Crippen MR) is 231 cm³/mol. The van der Waals surface area contributed by atoms with Gasteiger partial charge in [0.2, 0.25) is 0 Å². The summed E-state index contributed by atoms with van der Waals surface area (Å²) in [6.45, 7) is 0. The van der Waals surface area contributed by atoms with E-state index >= 15 is 0 Å². The van der Waals surface area contributed by atoms with E-state index in [1.165, 1.54) is 54.3 Å². The molecule has 56 heavy (non-hydrogen) atoms. The van der Waals surface area contributed by atoms with E-state index in [0.717, 1.165) is 39.2 Å². The van der Waals surface area contributed by atoms with Crippen molar-refractivity contribution >= 4 is 11.8 Å². The molecule has 0 unspecified atom stereocenters. The molecule has 0 radical (unpaired) electrons. The molecule has 0 saturated heterocycles. The number of hydrogen-bond donors (Lipinski definition) is 0. The predicted octanol–water partition coefficient (Wildman–Crippen LogP) is 13.6. The van der Waals surface area contributed by atoms with Crippen LogP contribution in [0.15, 0.2) is 216 Å². The first-order valence-corrected chi connectivity index (χ1v) is 19.9.